The molecule has 1 aromatic carbocycles. The summed E-state index contributed by atoms with van der Waals surface area (Å²) in [6.07, 6.45) is -2.57. The highest BCUT2D eigenvalue weighted by atomic mass is 16.8. The molecule has 0 radical (unpaired) electrons. The third-order valence-corrected chi connectivity index (χ3v) is 5.02. The molecule has 4 rings (SSSR count). The molecule has 2 amide bonds. The van der Waals surface area contributed by atoms with E-state index in [0.717, 1.165) is 4.90 Å². The third kappa shape index (κ3) is 3.04. The molecule has 10 nitrogen and oxygen atoms in total. The zero-order valence-electron chi connectivity index (χ0n) is 16.4. The van der Waals surface area contributed by atoms with Crippen LogP contribution in [0.4, 0.5) is 4.79 Å². The van der Waals surface area contributed by atoms with E-state index in [1.54, 1.807) is 32.0 Å². The van der Waals surface area contributed by atoms with Gasteiger partial charge in [-0.3, -0.25) is 9.59 Å². The van der Waals surface area contributed by atoms with Crippen LogP contribution in [0.2, 0.25) is 0 Å². The van der Waals surface area contributed by atoms with Gasteiger partial charge in [0.15, 0.2) is 11.9 Å². The number of benzene rings is 1. The summed E-state index contributed by atoms with van der Waals surface area (Å²) in [5.41, 5.74) is 0.0363. The van der Waals surface area contributed by atoms with Gasteiger partial charge in [0.25, 0.3) is 11.7 Å². The van der Waals surface area contributed by atoms with Gasteiger partial charge in [-0.05, 0) is 26.0 Å². The maximum atomic E-state index is 13.1. The zero-order chi connectivity index (χ0) is 21.0. The first kappa shape index (κ1) is 19.6. The smallest absolute Gasteiger partial charge is 0.420 e. The van der Waals surface area contributed by atoms with Crippen molar-refractivity contribution in [1.29, 1.82) is 0 Å². The van der Waals surface area contributed by atoms with Crippen molar-refractivity contribution in [1.82, 2.24) is 4.90 Å². The Kier molecular flexibility index (Phi) is 4.52. The highest BCUT2D eigenvalue weighted by Crippen LogP contribution is 2.40. The minimum Gasteiger partial charge on any atom is -0.496 e. The molecule has 1 aromatic rings. The molecule has 3 atom stereocenters. The van der Waals surface area contributed by atoms with Crippen LogP contribution in [0.1, 0.15) is 24.2 Å². The number of methoxy groups -OCH3 is 2. The van der Waals surface area contributed by atoms with E-state index in [-0.39, 0.29) is 23.7 Å². The fourth-order valence-corrected chi connectivity index (χ4v) is 3.74. The molecule has 10 heteroatoms. The summed E-state index contributed by atoms with van der Waals surface area (Å²) in [4.78, 5) is 39.5. The van der Waals surface area contributed by atoms with Crippen molar-refractivity contribution in [3.05, 3.63) is 23.8 Å². The molecule has 3 saturated heterocycles. The number of nitrogens with zero attached hydrogens (tertiary/aromatic N) is 1. The van der Waals surface area contributed by atoms with Gasteiger partial charge in [-0.25, -0.2) is 9.69 Å². The summed E-state index contributed by atoms with van der Waals surface area (Å²) in [7, 11) is 2.78. The molecule has 1 spiro atoms. The van der Waals surface area contributed by atoms with Crippen molar-refractivity contribution >= 4 is 17.8 Å². The quantitative estimate of drug-likeness (QED) is 0.728. The lowest BCUT2D eigenvalue weighted by molar-refractivity contribution is -0.219. The van der Waals surface area contributed by atoms with Gasteiger partial charge in [0, 0.05) is 0 Å². The maximum Gasteiger partial charge on any atom is 0.420 e. The number of carbonyl (C=O) groups is 3. The van der Waals surface area contributed by atoms with E-state index in [2.05, 4.69) is 0 Å². The molecular formula is C19H21NO9. The summed E-state index contributed by atoms with van der Waals surface area (Å²) in [5, 5.41) is 0. The first-order valence-electron chi connectivity index (χ1n) is 9.01. The maximum absolute atomic E-state index is 13.1. The van der Waals surface area contributed by atoms with Crippen LogP contribution in [0.15, 0.2) is 18.2 Å². The Morgan fingerprint density at radius 3 is 2.41 bits per heavy atom. The molecule has 0 aromatic heterocycles. The van der Waals surface area contributed by atoms with E-state index in [9.17, 15) is 14.4 Å². The first-order valence-corrected chi connectivity index (χ1v) is 9.01. The largest absolute Gasteiger partial charge is 0.496 e. The highest BCUT2D eigenvalue weighted by Gasteiger charge is 2.63. The van der Waals surface area contributed by atoms with Gasteiger partial charge in [-0.15, -0.1) is 0 Å². The number of imide groups is 1. The number of amides is 2. The molecule has 3 heterocycles. The molecule has 29 heavy (non-hydrogen) atoms. The predicted octanol–water partition coefficient (Wildman–Crippen LogP) is 1.11. The lowest BCUT2D eigenvalue weighted by Gasteiger charge is -2.34. The Morgan fingerprint density at radius 1 is 1.14 bits per heavy atom. The molecule has 3 aliphatic rings. The Labute approximate surface area is 166 Å². The highest BCUT2D eigenvalue weighted by molar-refractivity contribution is 6.09. The van der Waals surface area contributed by atoms with Gasteiger partial charge in [-0.2, -0.15) is 0 Å². The molecule has 0 bridgehead atoms. The van der Waals surface area contributed by atoms with Crippen molar-refractivity contribution in [3.63, 3.8) is 0 Å². The van der Waals surface area contributed by atoms with Crippen LogP contribution >= 0.6 is 0 Å². The average Bonchev–Trinajstić information content (AvgIpc) is 3.20. The average molecular weight is 407 g/mol. The summed E-state index contributed by atoms with van der Waals surface area (Å²) in [6.45, 7) is 2.91. The molecule has 0 unspecified atom stereocenters. The molecule has 3 aliphatic heterocycles. The van der Waals surface area contributed by atoms with Crippen molar-refractivity contribution < 1.29 is 42.8 Å². The van der Waals surface area contributed by atoms with E-state index in [4.69, 9.17) is 28.4 Å². The minimum atomic E-state index is -1.94. The van der Waals surface area contributed by atoms with E-state index in [1.807, 2.05) is 0 Å². The van der Waals surface area contributed by atoms with Crippen LogP contribution in [0.25, 0.3) is 0 Å². The molecule has 0 N–H and O–H groups in total. The fraction of sp³-hybridized carbons (Fsp3) is 0.526. The second-order valence-corrected chi connectivity index (χ2v) is 7.32. The summed E-state index contributed by atoms with van der Waals surface area (Å²) < 4.78 is 32.6. The Bertz CT molecular complexity index is 860. The minimum absolute atomic E-state index is 0.0207. The number of hydrogen-bond donors (Lipinski definition) is 0. The van der Waals surface area contributed by atoms with Crippen LogP contribution in [0, 0.1) is 0 Å². The van der Waals surface area contributed by atoms with Crippen molar-refractivity contribution in [2.75, 3.05) is 27.4 Å². The Hall–Kier alpha value is -2.69. The van der Waals surface area contributed by atoms with Gasteiger partial charge >= 0.3 is 6.09 Å². The van der Waals surface area contributed by atoms with Gasteiger partial charge in [0.05, 0.1) is 20.8 Å². The first-order chi connectivity index (χ1) is 13.7. The second kappa shape index (κ2) is 6.68. The predicted molar refractivity (Wildman–Crippen MR) is 94.6 cm³/mol. The molecule has 156 valence electrons. The van der Waals surface area contributed by atoms with Gasteiger partial charge in [0.2, 0.25) is 5.78 Å². The number of hydrogen-bond acceptors (Lipinski definition) is 9. The van der Waals surface area contributed by atoms with Crippen LogP contribution in [-0.2, 0) is 23.7 Å². The molecule has 3 fully saturated rings. The van der Waals surface area contributed by atoms with Crippen LogP contribution in [0.3, 0.4) is 0 Å². The summed E-state index contributed by atoms with van der Waals surface area (Å²) >= 11 is 0. The third-order valence-electron chi connectivity index (χ3n) is 5.02. The molecule has 0 aliphatic carbocycles. The summed E-state index contributed by atoms with van der Waals surface area (Å²) in [5.74, 6) is -3.81. The molecular weight excluding hydrogens is 386 g/mol. The van der Waals surface area contributed by atoms with E-state index in [0.29, 0.717) is 0 Å². The van der Waals surface area contributed by atoms with Crippen molar-refractivity contribution in [3.8, 4) is 11.5 Å². The second-order valence-electron chi connectivity index (χ2n) is 7.32. The topological polar surface area (TPSA) is 110 Å². The van der Waals surface area contributed by atoms with Crippen LogP contribution in [0.5, 0.6) is 11.5 Å². The SMILES string of the molecule is COc1cccc(OC)c1C(=O)N1C[C@]2(OC[C@H]3OC(C)(C)O[C@H]3C2=O)OC1=O. The van der Waals surface area contributed by atoms with Gasteiger partial charge in [0.1, 0.15) is 29.7 Å². The Morgan fingerprint density at radius 2 is 1.79 bits per heavy atom. The van der Waals surface area contributed by atoms with E-state index < -0.39 is 48.1 Å². The lowest BCUT2D eigenvalue weighted by Crippen LogP contribution is -2.59. The van der Waals surface area contributed by atoms with Crippen molar-refractivity contribution in [2.45, 2.75) is 37.6 Å². The van der Waals surface area contributed by atoms with Crippen LogP contribution < -0.4 is 9.47 Å². The number of ether oxygens (including phenoxy) is 6. The number of ketones is 1. The van der Waals surface area contributed by atoms with Gasteiger partial charge in [-0.1, -0.05) is 6.07 Å². The van der Waals surface area contributed by atoms with E-state index >= 15 is 0 Å². The monoisotopic (exact) mass is 407 g/mol. The van der Waals surface area contributed by atoms with E-state index in [1.165, 1.54) is 14.2 Å². The number of rotatable bonds is 3. The van der Waals surface area contributed by atoms with Gasteiger partial charge < -0.3 is 28.4 Å². The zero-order valence-corrected chi connectivity index (χ0v) is 16.4. The normalized spacial score (nSPS) is 30.3. The van der Waals surface area contributed by atoms with Crippen LogP contribution in [-0.4, -0.2) is 73.8 Å². The number of fused-ring (bicyclic) bond motifs is 1. The fourth-order valence-electron chi connectivity index (χ4n) is 3.74. The lowest BCUT2D eigenvalue weighted by atomic mass is 9.98. The summed E-state index contributed by atoms with van der Waals surface area (Å²) in [6, 6.07) is 4.77. The molecule has 0 saturated carbocycles. The van der Waals surface area contributed by atoms with Crippen molar-refractivity contribution in [2.24, 2.45) is 0 Å². The Balaban J connectivity index is 1.62. The standard InChI is InChI=1S/C19H21NO9/c1-18(2)27-12-8-26-19(15(21)14(12)28-18)9-20(17(23)29-19)16(22)13-10(24-3)6-5-7-11(13)25-4/h5-7,12,14H,8-9H2,1-4H3/t12-,14-,19+/m1/s1. The number of carbonyl (C=O) groups excluding carboxylic acids is 3. The number of Topliss-reactive ketones (excluding diaryl/α,β-unsaturated/α-hetero) is 1.